The number of nitrogens with one attached hydrogen (secondary N) is 2. The summed E-state index contributed by atoms with van der Waals surface area (Å²) in [6.45, 7) is 2.31. The normalized spacial score (nSPS) is 10.6. The van der Waals surface area contributed by atoms with Gasteiger partial charge in [-0.2, -0.15) is 0 Å². The third-order valence-corrected chi connectivity index (χ3v) is 2.16. The van der Waals surface area contributed by atoms with E-state index in [0.717, 1.165) is 5.56 Å². The zero-order valence-corrected chi connectivity index (χ0v) is 12.0. The molecule has 0 aliphatic heterocycles. The van der Waals surface area contributed by atoms with Crippen LogP contribution in [0.1, 0.15) is 11.1 Å². The van der Waals surface area contributed by atoms with Gasteiger partial charge in [-0.05, 0) is 24.1 Å². The van der Waals surface area contributed by atoms with Crippen molar-refractivity contribution in [3.63, 3.8) is 0 Å². The van der Waals surface area contributed by atoms with Crippen LogP contribution >= 0.6 is 24.0 Å². The van der Waals surface area contributed by atoms with Crippen LogP contribution in [-0.2, 0) is 6.54 Å². The molecular formula is C11H17FIN3. The SMILES string of the molecule is CN=C(NC)NCc1ccc(C)c(F)c1.I. The van der Waals surface area contributed by atoms with Gasteiger partial charge in [-0.3, -0.25) is 4.99 Å². The van der Waals surface area contributed by atoms with Crippen LogP contribution < -0.4 is 10.6 Å². The van der Waals surface area contributed by atoms with Gasteiger partial charge in [0.2, 0.25) is 0 Å². The number of guanidine groups is 1. The minimum atomic E-state index is -0.172. The molecule has 0 spiro atoms. The summed E-state index contributed by atoms with van der Waals surface area (Å²) in [5, 5.41) is 5.95. The van der Waals surface area contributed by atoms with E-state index >= 15 is 0 Å². The fourth-order valence-electron chi connectivity index (χ4n) is 1.21. The lowest BCUT2D eigenvalue weighted by atomic mass is 10.1. The lowest BCUT2D eigenvalue weighted by Gasteiger charge is -2.08. The molecule has 0 radical (unpaired) electrons. The zero-order valence-electron chi connectivity index (χ0n) is 9.67. The molecular weight excluding hydrogens is 320 g/mol. The molecule has 0 aliphatic rings. The smallest absolute Gasteiger partial charge is 0.190 e. The summed E-state index contributed by atoms with van der Waals surface area (Å²) < 4.78 is 13.2. The Morgan fingerprint density at radius 2 is 2.12 bits per heavy atom. The van der Waals surface area contributed by atoms with E-state index in [-0.39, 0.29) is 29.8 Å². The van der Waals surface area contributed by atoms with Crippen LogP contribution in [0.2, 0.25) is 0 Å². The van der Waals surface area contributed by atoms with Crippen LogP contribution in [0.4, 0.5) is 4.39 Å². The molecule has 0 atom stereocenters. The molecule has 0 heterocycles. The fourth-order valence-corrected chi connectivity index (χ4v) is 1.21. The summed E-state index contributed by atoms with van der Waals surface area (Å²) >= 11 is 0. The Hall–Kier alpha value is -0.850. The first kappa shape index (κ1) is 15.2. The number of hydrogen-bond acceptors (Lipinski definition) is 1. The van der Waals surface area contributed by atoms with Crippen molar-refractivity contribution in [1.82, 2.24) is 10.6 Å². The van der Waals surface area contributed by atoms with E-state index in [9.17, 15) is 4.39 Å². The number of benzene rings is 1. The predicted octanol–water partition coefficient (Wildman–Crippen LogP) is 2.05. The number of aryl methyl sites for hydroxylation is 1. The van der Waals surface area contributed by atoms with Gasteiger partial charge in [0.25, 0.3) is 0 Å². The number of aliphatic imine (C=N–C) groups is 1. The molecule has 0 saturated heterocycles. The monoisotopic (exact) mass is 337 g/mol. The highest BCUT2D eigenvalue weighted by Crippen LogP contribution is 2.08. The van der Waals surface area contributed by atoms with Gasteiger partial charge in [0.15, 0.2) is 5.96 Å². The molecule has 0 saturated carbocycles. The van der Waals surface area contributed by atoms with Gasteiger partial charge < -0.3 is 10.6 Å². The molecule has 0 amide bonds. The van der Waals surface area contributed by atoms with Crippen molar-refractivity contribution in [1.29, 1.82) is 0 Å². The van der Waals surface area contributed by atoms with Crippen LogP contribution in [0.15, 0.2) is 23.2 Å². The molecule has 16 heavy (non-hydrogen) atoms. The van der Waals surface area contributed by atoms with Crippen LogP contribution in [-0.4, -0.2) is 20.1 Å². The highest BCUT2D eigenvalue weighted by molar-refractivity contribution is 14.0. The third-order valence-electron chi connectivity index (χ3n) is 2.16. The topological polar surface area (TPSA) is 36.4 Å². The lowest BCUT2D eigenvalue weighted by molar-refractivity contribution is 0.615. The minimum Gasteiger partial charge on any atom is -0.359 e. The maximum atomic E-state index is 13.2. The maximum Gasteiger partial charge on any atom is 0.190 e. The standard InChI is InChI=1S/C11H16FN3.HI/c1-8-4-5-9(6-10(8)12)7-15-11(13-2)14-3;/h4-6H,7H2,1-3H3,(H2,13,14,15);1H. The summed E-state index contributed by atoms with van der Waals surface area (Å²) in [7, 11) is 3.47. The third kappa shape index (κ3) is 4.34. The minimum absolute atomic E-state index is 0. The fraction of sp³-hybridized carbons (Fsp3) is 0.364. The van der Waals surface area contributed by atoms with Crippen molar-refractivity contribution < 1.29 is 4.39 Å². The van der Waals surface area contributed by atoms with Crippen LogP contribution in [0, 0.1) is 12.7 Å². The lowest BCUT2D eigenvalue weighted by Crippen LogP contribution is -2.34. The molecule has 3 nitrogen and oxygen atoms in total. The van der Waals surface area contributed by atoms with Crippen LogP contribution in [0.5, 0.6) is 0 Å². The molecule has 1 rings (SSSR count). The maximum absolute atomic E-state index is 13.2. The molecule has 1 aromatic carbocycles. The molecule has 90 valence electrons. The highest BCUT2D eigenvalue weighted by atomic mass is 127. The quantitative estimate of drug-likeness (QED) is 0.492. The van der Waals surface area contributed by atoms with E-state index in [1.165, 1.54) is 6.07 Å². The van der Waals surface area contributed by atoms with E-state index in [0.29, 0.717) is 18.1 Å². The van der Waals surface area contributed by atoms with Crippen molar-refractivity contribution in [3.8, 4) is 0 Å². The van der Waals surface area contributed by atoms with Gasteiger partial charge in [-0.1, -0.05) is 12.1 Å². The highest BCUT2D eigenvalue weighted by Gasteiger charge is 2.00. The Balaban J connectivity index is 0.00000225. The molecule has 1 aromatic rings. The van der Waals surface area contributed by atoms with Gasteiger partial charge in [-0.15, -0.1) is 24.0 Å². The van der Waals surface area contributed by atoms with E-state index in [1.807, 2.05) is 6.07 Å². The Bertz CT molecular complexity index is 366. The van der Waals surface area contributed by atoms with E-state index in [2.05, 4.69) is 15.6 Å². The second-order valence-electron chi connectivity index (χ2n) is 3.26. The van der Waals surface area contributed by atoms with Crippen LogP contribution in [0.3, 0.4) is 0 Å². The average molecular weight is 337 g/mol. The molecule has 2 N–H and O–H groups in total. The Kier molecular flexibility index (Phi) is 7.03. The number of halogens is 2. The summed E-state index contributed by atoms with van der Waals surface area (Å²) in [6.07, 6.45) is 0. The van der Waals surface area contributed by atoms with E-state index in [1.54, 1.807) is 27.1 Å². The average Bonchev–Trinajstić information content (AvgIpc) is 2.24. The van der Waals surface area contributed by atoms with Crippen molar-refractivity contribution in [2.45, 2.75) is 13.5 Å². The van der Waals surface area contributed by atoms with Gasteiger partial charge >= 0.3 is 0 Å². The second kappa shape index (κ2) is 7.43. The predicted molar refractivity (Wildman–Crippen MR) is 75.8 cm³/mol. The van der Waals surface area contributed by atoms with Gasteiger partial charge in [-0.25, -0.2) is 4.39 Å². The first-order chi connectivity index (χ1) is 7.17. The Morgan fingerprint density at radius 3 is 2.62 bits per heavy atom. The van der Waals surface area contributed by atoms with Crippen molar-refractivity contribution in [2.75, 3.05) is 14.1 Å². The molecule has 5 heteroatoms. The largest absolute Gasteiger partial charge is 0.359 e. The first-order valence-corrected chi connectivity index (χ1v) is 4.80. The van der Waals surface area contributed by atoms with Gasteiger partial charge in [0, 0.05) is 20.6 Å². The number of hydrogen-bond donors (Lipinski definition) is 2. The zero-order chi connectivity index (χ0) is 11.3. The molecule has 0 aromatic heterocycles. The van der Waals surface area contributed by atoms with Crippen LogP contribution in [0.25, 0.3) is 0 Å². The summed E-state index contributed by atoms with van der Waals surface area (Å²) in [6, 6.07) is 5.20. The van der Waals surface area contributed by atoms with Crippen molar-refractivity contribution in [2.24, 2.45) is 4.99 Å². The van der Waals surface area contributed by atoms with Gasteiger partial charge in [0.05, 0.1) is 0 Å². The second-order valence-corrected chi connectivity index (χ2v) is 3.26. The summed E-state index contributed by atoms with van der Waals surface area (Å²) in [5.74, 6) is 0.518. The number of rotatable bonds is 2. The first-order valence-electron chi connectivity index (χ1n) is 4.80. The van der Waals surface area contributed by atoms with E-state index in [4.69, 9.17) is 0 Å². The summed E-state index contributed by atoms with van der Waals surface area (Å²) in [5.41, 5.74) is 1.56. The van der Waals surface area contributed by atoms with Crippen molar-refractivity contribution in [3.05, 3.63) is 35.1 Å². The van der Waals surface area contributed by atoms with E-state index < -0.39 is 0 Å². The number of nitrogens with zero attached hydrogens (tertiary/aromatic N) is 1. The molecule has 0 bridgehead atoms. The Morgan fingerprint density at radius 1 is 1.44 bits per heavy atom. The Labute approximate surface area is 113 Å². The van der Waals surface area contributed by atoms with Gasteiger partial charge in [0.1, 0.15) is 5.82 Å². The van der Waals surface area contributed by atoms with Crippen molar-refractivity contribution >= 4 is 29.9 Å². The molecule has 0 unspecified atom stereocenters. The summed E-state index contributed by atoms with van der Waals surface area (Å²) in [4.78, 5) is 3.96. The molecule has 0 aliphatic carbocycles. The molecule has 0 fully saturated rings.